The summed E-state index contributed by atoms with van der Waals surface area (Å²) >= 11 is 0. The van der Waals surface area contributed by atoms with E-state index in [1.807, 2.05) is 31.2 Å². The van der Waals surface area contributed by atoms with E-state index in [1.165, 1.54) is 0 Å². The molecule has 1 saturated carbocycles. The van der Waals surface area contributed by atoms with Gasteiger partial charge in [0.15, 0.2) is 11.4 Å². The second-order valence-corrected chi connectivity index (χ2v) is 8.58. The Morgan fingerprint density at radius 2 is 1.81 bits per heavy atom. The van der Waals surface area contributed by atoms with Gasteiger partial charge in [0.2, 0.25) is 5.79 Å². The number of carbonyl (C=O) groups excluding carboxylic acids is 2. The molecule has 7 nitrogen and oxygen atoms in total. The summed E-state index contributed by atoms with van der Waals surface area (Å²) in [6.07, 6.45) is 1.43. The molecule has 164 valence electrons. The summed E-state index contributed by atoms with van der Waals surface area (Å²) in [5.74, 6) is -1.38. The number of methoxy groups -OCH3 is 2. The first-order valence-corrected chi connectivity index (χ1v) is 10.6. The number of hydrogen-bond acceptors (Lipinski definition) is 7. The molecule has 0 spiro atoms. The van der Waals surface area contributed by atoms with Crippen molar-refractivity contribution < 1.29 is 33.3 Å². The molecular weight excluding hydrogens is 400 g/mol. The van der Waals surface area contributed by atoms with E-state index in [9.17, 15) is 9.59 Å². The molecule has 0 aromatic heterocycles. The maximum atomic E-state index is 13.7. The van der Waals surface area contributed by atoms with Crippen LogP contribution in [0.1, 0.15) is 36.5 Å². The van der Waals surface area contributed by atoms with Crippen molar-refractivity contribution in [1.29, 1.82) is 0 Å². The Labute approximate surface area is 180 Å². The van der Waals surface area contributed by atoms with Gasteiger partial charge in [-0.1, -0.05) is 24.3 Å². The zero-order valence-corrected chi connectivity index (χ0v) is 17.9. The standard InChI is InChI=1S/C24H26O7/c1-23(29-10-11-30-23)24-9-8-15(18(13-24)22(26)31-24)20(25)17-12-19(27-2)14-6-4-5-7-16(14)21(17)28-3/h4-7,12,15,18H,8-11,13H2,1-3H3. The van der Waals surface area contributed by atoms with E-state index < -0.39 is 23.2 Å². The first-order valence-electron chi connectivity index (χ1n) is 10.6. The van der Waals surface area contributed by atoms with Gasteiger partial charge in [-0.25, -0.2) is 0 Å². The molecule has 2 bridgehead atoms. The van der Waals surface area contributed by atoms with Crippen molar-refractivity contribution in [3.8, 4) is 11.5 Å². The molecule has 2 aromatic rings. The van der Waals surface area contributed by atoms with Gasteiger partial charge in [0.1, 0.15) is 11.5 Å². The van der Waals surface area contributed by atoms with E-state index in [0.717, 1.165) is 10.8 Å². The SMILES string of the molecule is COc1cc(C(=O)C2CCC3(C4(C)OCCO4)CC2C(=O)O3)c(OC)c2ccccc12. The smallest absolute Gasteiger partial charge is 0.310 e. The molecule has 7 heteroatoms. The van der Waals surface area contributed by atoms with Crippen molar-refractivity contribution in [3.63, 3.8) is 0 Å². The third-order valence-electron chi connectivity index (χ3n) is 7.14. The molecule has 1 aliphatic carbocycles. The van der Waals surface area contributed by atoms with Crippen LogP contribution < -0.4 is 9.47 Å². The third kappa shape index (κ3) is 2.87. The van der Waals surface area contributed by atoms with Gasteiger partial charge in [0.05, 0.1) is 38.9 Å². The summed E-state index contributed by atoms with van der Waals surface area (Å²) in [4.78, 5) is 26.6. The molecule has 0 radical (unpaired) electrons. The largest absolute Gasteiger partial charge is 0.496 e. The number of ketones is 1. The summed E-state index contributed by atoms with van der Waals surface area (Å²) in [5.41, 5.74) is -0.414. The van der Waals surface area contributed by atoms with Gasteiger partial charge in [-0.2, -0.15) is 0 Å². The van der Waals surface area contributed by atoms with Gasteiger partial charge < -0.3 is 23.7 Å². The normalized spacial score (nSPS) is 29.1. The lowest BCUT2D eigenvalue weighted by molar-refractivity contribution is -0.261. The predicted molar refractivity (Wildman–Crippen MR) is 111 cm³/mol. The van der Waals surface area contributed by atoms with E-state index in [-0.39, 0.29) is 11.8 Å². The molecule has 0 N–H and O–H groups in total. The Bertz CT molecular complexity index is 1060. The highest BCUT2D eigenvalue weighted by molar-refractivity contribution is 6.09. The van der Waals surface area contributed by atoms with Crippen LogP contribution in [0.3, 0.4) is 0 Å². The van der Waals surface area contributed by atoms with Gasteiger partial charge in [-0.3, -0.25) is 9.59 Å². The Kier molecular flexibility index (Phi) is 4.71. The average molecular weight is 426 g/mol. The average Bonchev–Trinajstić information content (AvgIpc) is 3.35. The minimum Gasteiger partial charge on any atom is -0.496 e. The van der Waals surface area contributed by atoms with Crippen molar-refractivity contribution in [3.05, 3.63) is 35.9 Å². The van der Waals surface area contributed by atoms with E-state index >= 15 is 0 Å². The number of carbonyl (C=O) groups is 2. The Morgan fingerprint density at radius 3 is 2.48 bits per heavy atom. The predicted octanol–water partition coefficient (Wildman–Crippen LogP) is 3.51. The van der Waals surface area contributed by atoms with Crippen LogP contribution in [0.5, 0.6) is 11.5 Å². The minimum atomic E-state index is -0.963. The highest BCUT2D eigenvalue weighted by Crippen LogP contribution is 2.54. The van der Waals surface area contributed by atoms with Crippen molar-refractivity contribution >= 4 is 22.5 Å². The lowest BCUT2D eigenvalue weighted by Crippen LogP contribution is -2.54. The number of fused-ring (bicyclic) bond motifs is 3. The summed E-state index contributed by atoms with van der Waals surface area (Å²) in [5, 5.41) is 1.66. The molecule has 3 unspecified atom stereocenters. The van der Waals surface area contributed by atoms with Gasteiger partial charge in [0.25, 0.3) is 0 Å². The molecule has 3 fully saturated rings. The van der Waals surface area contributed by atoms with Crippen molar-refractivity contribution in [1.82, 2.24) is 0 Å². The van der Waals surface area contributed by atoms with E-state index in [0.29, 0.717) is 49.5 Å². The number of benzene rings is 2. The monoisotopic (exact) mass is 426 g/mol. The van der Waals surface area contributed by atoms with Crippen LogP contribution in [0.25, 0.3) is 10.8 Å². The Hall–Kier alpha value is -2.64. The molecule has 2 heterocycles. The quantitative estimate of drug-likeness (QED) is 0.535. The lowest BCUT2D eigenvalue weighted by atomic mass is 9.68. The zero-order valence-electron chi connectivity index (χ0n) is 17.9. The topological polar surface area (TPSA) is 80.3 Å². The maximum absolute atomic E-state index is 13.7. The number of esters is 1. The maximum Gasteiger partial charge on any atom is 0.310 e. The van der Waals surface area contributed by atoms with Crippen molar-refractivity contribution in [2.24, 2.45) is 11.8 Å². The van der Waals surface area contributed by atoms with Crippen molar-refractivity contribution in [2.45, 2.75) is 37.6 Å². The Morgan fingerprint density at radius 1 is 1.10 bits per heavy atom. The van der Waals surface area contributed by atoms with Crippen LogP contribution in [0.15, 0.2) is 30.3 Å². The molecule has 2 aliphatic heterocycles. The molecule has 2 saturated heterocycles. The van der Waals surface area contributed by atoms with Gasteiger partial charge >= 0.3 is 5.97 Å². The van der Waals surface area contributed by atoms with Crippen LogP contribution in [0.2, 0.25) is 0 Å². The molecule has 31 heavy (non-hydrogen) atoms. The summed E-state index contributed by atoms with van der Waals surface area (Å²) in [7, 11) is 3.13. The molecule has 3 atom stereocenters. The molecule has 0 amide bonds. The first kappa shape index (κ1) is 20.3. The summed E-state index contributed by atoms with van der Waals surface area (Å²) in [6, 6.07) is 9.35. The number of rotatable bonds is 5. The van der Waals surface area contributed by atoms with Gasteiger partial charge in [-0.15, -0.1) is 0 Å². The molecule has 3 aliphatic rings. The minimum absolute atomic E-state index is 0.128. The molecular formula is C24H26O7. The number of Topliss-reactive ketones (excluding diaryl/α,β-unsaturated/α-hetero) is 1. The zero-order chi connectivity index (χ0) is 21.8. The van der Waals surface area contributed by atoms with E-state index in [1.54, 1.807) is 20.3 Å². The van der Waals surface area contributed by atoms with Gasteiger partial charge in [0, 0.05) is 23.1 Å². The van der Waals surface area contributed by atoms with Crippen LogP contribution in [-0.2, 0) is 19.0 Å². The molecule has 2 aromatic carbocycles. The molecule has 5 rings (SSSR count). The third-order valence-corrected chi connectivity index (χ3v) is 7.14. The van der Waals surface area contributed by atoms with E-state index in [4.69, 9.17) is 23.7 Å². The fraction of sp³-hybridized carbons (Fsp3) is 0.500. The lowest BCUT2D eigenvalue weighted by Gasteiger charge is -2.42. The van der Waals surface area contributed by atoms with Crippen LogP contribution in [-0.4, -0.2) is 50.6 Å². The summed E-state index contributed by atoms with van der Waals surface area (Å²) in [6.45, 7) is 2.77. The fourth-order valence-electron chi connectivity index (χ4n) is 5.48. The van der Waals surface area contributed by atoms with Crippen LogP contribution >= 0.6 is 0 Å². The van der Waals surface area contributed by atoms with Crippen molar-refractivity contribution in [2.75, 3.05) is 27.4 Å². The highest BCUT2D eigenvalue weighted by Gasteiger charge is 2.65. The fourth-order valence-corrected chi connectivity index (χ4v) is 5.48. The number of ether oxygens (including phenoxy) is 5. The second kappa shape index (κ2) is 7.21. The highest BCUT2D eigenvalue weighted by atomic mass is 16.8. The van der Waals surface area contributed by atoms with Gasteiger partial charge in [-0.05, 0) is 25.8 Å². The summed E-state index contributed by atoms with van der Waals surface area (Å²) < 4.78 is 28.7. The van der Waals surface area contributed by atoms with E-state index in [2.05, 4.69) is 0 Å². The number of hydrogen-bond donors (Lipinski definition) is 0. The van der Waals surface area contributed by atoms with Crippen LogP contribution in [0.4, 0.5) is 0 Å². The second-order valence-electron chi connectivity index (χ2n) is 8.58. The first-order chi connectivity index (χ1) is 14.9. The Balaban J connectivity index is 1.52. The van der Waals surface area contributed by atoms with Crippen LogP contribution in [0, 0.1) is 11.8 Å².